The maximum atomic E-state index is 13.6. The van der Waals surface area contributed by atoms with Gasteiger partial charge in [-0.25, -0.2) is 9.87 Å². The van der Waals surface area contributed by atoms with Gasteiger partial charge in [0.2, 0.25) is 0 Å². The van der Waals surface area contributed by atoms with Crippen LogP contribution in [0.1, 0.15) is 23.2 Å². The number of carbonyl (C=O) groups excluding carboxylic acids is 1. The summed E-state index contributed by atoms with van der Waals surface area (Å²) in [6.45, 7) is 2.66. The number of nitrogens with zero attached hydrogens (tertiary/aromatic N) is 2. The molecule has 1 aliphatic rings. The van der Waals surface area contributed by atoms with Crippen LogP contribution in [0.5, 0.6) is 5.75 Å². The van der Waals surface area contributed by atoms with Crippen molar-refractivity contribution in [2.45, 2.75) is 12.8 Å². The number of nitrogens with one attached hydrogen (secondary N) is 1. The van der Waals surface area contributed by atoms with Crippen molar-refractivity contribution in [2.75, 3.05) is 26.7 Å². The molecule has 1 N–H and O–H groups in total. The van der Waals surface area contributed by atoms with E-state index in [0.29, 0.717) is 18.7 Å². The van der Waals surface area contributed by atoms with E-state index in [9.17, 15) is 9.18 Å². The van der Waals surface area contributed by atoms with Gasteiger partial charge >= 0.3 is 0 Å². The molecule has 0 aliphatic carbocycles. The van der Waals surface area contributed by atoms with Crippen molar-refractivity contribution in [2.24, 2.45) is 4.99 Å². The third kappa shape index (κ3) is 4.15. The molecule has 0 atom stereocenters. The van der Waals surface area contributed by atoms with Crippen LogP contribution in [-0.2, 0) is 0 Å². The molecule has 0 aromatic heterocycles. The van der Waals surface area contributed by atoms with Gasteiger partial charge in [-0.1, -0.05) is 11.6 Å². The van der Waals surface area contributed by atoms with Crippen LogP contribution < -0.4 is 10.3 Å². The average Bonchev–Trinajstić information content (AvgIpc) is 2.95. The second kappa shape index (κ2) is 7.38. The van der Waals surface area contributed by atoms with Crippen LogP contribution in [0.3, 0.4) is 0 Å². The highest BCUT2D eigenvalue weighted by Crippen LogP contribution is 2.24. The molecular formula is C14H17ClFN3O2. The number of hydrogen-bond donors (Lipinski definition) is 1. The van der Waals surface area contributed by atoms with Gasteiger partial charge in [0.15, 0.2) is 12.0 Å². The summed E-state index contributed by atoms with van der Waals surface area (Å²) in [6.07, 6.45) is 2.74. The topological polar surface area (TPSA) is 53.9 Å². The van der Waals surface area contributed by atoms with E-state index in [-0.39, 0.29) is 16.3 Å². The van der Waals surface area contributed by atoms with E-state index in [1.54, 1.807) is 7.05 Å². The van der Waals surface area contributed by atoms with Crippen LogP contribution in [0.2, 0.25) is 5.02 Å². The van der Waals surface area contributed by atoms with Crippen molar-refractivity contribution >= 4 is 23.7 Å². The van der Waals surface area contributed by atoms with Crippen LogP contribution in [0.25, 0.3) is 0 Å². The number of aldehydes is 1. The van der Waals surface area contributed by atoms with Crippen molar-refractivity contribution in [1.82, 2.24) is 10.4 Å². The number of rotatable bonds is 5. The summed E-state index contributed by atoms with van der Waals surface area (Å²) in [4.78, 5) is 22.5. The number of likely N-dealkylation sites (tertiary alicyclic amines) is 1. The first-order valence-corrected chi connectivity index (χ1v) is 7.07. The van der Waals surface area contributed by atoms with Gasteiger partial charge in [-0.15, -0.1) is 0 Å². The van der Waals surface area contributed by atoms with Crippen molar-refractivity contribution in [3.05, 3.63) is 28.5 Å². The Morgan fingerprint density at radius 1 is 1.52 bits per heavy atom. The Hall–Kier alpha value is -1.66. The first kappa shape index (κ1) is 15.7. The number of halogens is 2. The van der Waals surface area contributed by atoms with E-state index in [1.807, 2.05) is 0 Å². The van der Waals surface area contributed by atoms with Gasteiger partial charge in [0.25, 0.3) is 0 Å². The molecule has 0 unspecified atom stereocenters. The molecule has 0 spiro atoms. The number of hydrogen-bond acceptors (Lipinski definition) is 4. The smallest absolute Gasteiger partial charge is 0.170 e. The lowest BCUT2D eigenvalue weighted by Gasteiger charge is -2.17. The Labute approximate surface area is 127 Å². The van der Waals surface area contributed by atoms with Gasteiger partial charge in [0, 0.05) is 18.1 Å². The third-order valence-electron chi connectivity index (χ3n) is 3.29. The van der Waals surface area contributed by atoms with Gasteiger partial charge < -0.3 is 4.84 Å². The predicted molar refractivity (Wildman–Crippen MR) is 79.6 cm³/mol. The lowest BCUT2D eigenvalue weighted by atomic mass is 10.2. The summed E-state index contributed by atoms with van der Waals surface area (Å²) in [6, 6.07) is 2.45. The summed E-state index contributed by atoms with van der Waals surface area (Å²) in [5, 5.41) is 0.157. The minimum absolute atomic E-state index is 0.0394. The quantitative estimate of drug-likeness (QED) is 0.392. The molecule has 0 amide bonds. The fraction of sp³-hybridized carbons (Fsp3) is 0.429. The van der Waals surface area contributed by atoms with Gasteiger partial charge in [-0.3, -0.25) is 14.7 Å². The predicted octanol–water partition coefficient (Wildman–Crippen LogP) is 2.30. The lowest BCUT2D eigenvalue weighted by molar-refractivity contribution is 0.111. The zero-order chi connectivity index (χ0) is 15.2. The van der Waals surface area contributed by atoms with Crippen LogP contribution in [0, 0.1) is 5.82 Å². The number of aliphatic imine (C=N–C) groups is 1. The lowest BCUT2D eigenvalue weighted by Crippen LogP contribution is -2.37. The first-order chi connectivity index (χ1) is 10.1. The van der Waals surface area contributed by atoms with E-state index in [4.69, 9.17) is 16.4 Å². The number of amidine groups is 1. The van der Waals surface area contributed by atoms with E-state index in [1.165, 1.54) is 18.9 Å². The van der Waals surface area contributed by atoms with Gasteiger partial charge in [0.05, 0.1) is 12.1 Å². The average molecular weight is 314 g/mol. The highest BCUT2D eigenvalue weighted by Gasteiger charge is 2.15. The molecule has 114 valence electrons. The maximum absolute atomic E-state index is 13.6. The van der Waals surface area contributed by atoms with Crippen LogP contribution in [0.4, 0.5) is 4.39 Å². The minimum atomic E-state index is -0.719. The maximum Gasteiger partial charge on any atom is 0.170 e. The van der Waals surface area contributed by atoms with Crippen LogP contribution in [0.15, 0.2) is 17.1 Å². The second-order valence-corrected chi connectivity index (χ2v) is 5.21. The van der Waals surface area contributed by atoms with E-state index >= 15 is 0 Å². The summed E-state index contributed by atoms with van der Waals surface area (Å²) >= 11 is 5.76. The monoisotopic (exact) mass is 313 g/mol. The summed E-state index contributed by atoms with van der Waals surface area (Å²) in [7, 11) is 1.64. The van der Waals surface area contributed by atoms with Crippen LogP contribution >= 0.6 is 11.6 Å². The van der Waals surface area contributed by atoms with Crippen molar-refractivity contribution < 1.29 is 14.0 Å². The number of hydroxylamine groups is 1. The largest absolute Gasteiger partial charge is 0.380 e. The van der Waals surface area contributed by atoms with Gasteiger partial charge in [-0.05, 0) is 32.0 Å². The molecule has 5 nitrogen and oxygen atoms in total. The molecule has 21 heavy (non-hydrogen) atoms. The van der Waals surface area contributed by atoms with Crippen molar-refractivity contribution in [3.63, 3.8) is 0 Å². The summed E-state index contributed by atoms with van der Waals surface area (Å²) in [5.74, 6) is -0.0736. The molecule has 0 bridgehead atoms. The molecule has 0 saturated carbocycles. The van der Waals surface area contributed by atoms with Crippen LogP contribution in [-0.4, -0.2) is 43.7 Å². The van der Waals surface area contributed by atoms with Gasteiger partial charge in [-0.2, -0.15) is 0 Å². The second-order valence-electron chi connectivity index (χ2n) is 4.77. The molecule has 7 heteroatoms. The summed E-state index contributed by atoms with van der Waals surface area (Å²) in [5.41, 5.74) is 2.49. The molecule has 0 radical (unpaired) electrons. The molecule has 1 aromatic rings. The molecule has 1 heterocycles. The highest BCUT2D eigenvalue weighted by atomic mass is 35.5. The fourth-order valence-corrected chi connectivity index (χ4v) is 2.37. The van der Waals surface area contributed by atoms with Crippen molar-refractivity contribution in [3.8, 4) is 5.75 Å². The molecule has 2 rings (SSSR count). The van der Waals surface area contributed by atoms with E-state index in [0.717, 1.165) is 19.2 Å². The normalized spacial score (nSPS) is 16.0. The summed E-state index contributed by atoms with van der Waals surface area (Å²) < 4.78 is 13.6. The standard InChI is InChI=1S/C14H17ClFN3O2/c1-17-14(8-19-4-2-3-5-19)18-21-13-7-10(15)6-12(16)11(13)9-20/h6-7,9H,2-5,8H2,1H3,(H,17,18). The third-order valence-corrected chi connectivity index (χ3v) is 3.51. The molecule has 1 saturated heterocycles. The number of benzene rings is 1. The van der Waals surface area contributed by atoms with Crippen molar-refractivity contribution in [1.29, 1.82) is 0 Å². The molecule has 1 aliphatic heterocycles. The molecule has 1 aromatic carbocycles. The van der Waals surface area contributed by atoms with E-state index < -0.39 is 5.82 Å². The Kier molecular flexibility index (Phi) is 5.52. The Morgan fingerprint density at radius 2 is 2.24 bits per heavy atom. The highest BCUT2D eigenvalue weighted by molar-refractivity contribution is 6.30. The van der Waals surface area contributed by atoms with Gasteiger partial charge in [0.1, 0.15) is 11.7 Å². The molecular weight excluding hydrogens is 297 g/mol. The Balaban J connectivity index is 2.02. The minimum Gasteiger partial charge on any atom is -0.380 e. The Morgan fingerprint density at radius 3 is 2.86 bits per heavy atom. The zero-order valence-corrected chi connectivity index (χ0v) is 12.5. The fourth-order valence-electron chi connectivity index (χ4n) is 2.18. The van der Waals surface area contributed by atoms with E-state index in [2.05, 4.69) is 15.4 Å². The molecule has 1 fully saturated rings. The SMILES string of the molecule is CN=C(CN1CCCC1)NOc1cc(Cl)cc(F)c1C=O. The Bertz CT molecular complexity index is 545. The number of carbonyl (C=O) groups is 1. The zero-order valence-electron chi connectivity index (χ0n) is 11.7. The first-order valence-electron chi connectivity index (χ1n) is 6.69.